The molecule has 20 heavy (non-hydrogen) atoms. The third-order valence-electron chi connectivity index (χ3n) is 3.64. The van der Waals surface area contributed by atoms with E-state index in [1.165, 1.54) is 12.8 Å². The summed E-state index contributed by atoms with van der Waals surface area (Å²) in [6.45, 7) is 0.240. The van der Waals surface area contributed by atoms with Gasteiger partial charge in [0.25, 0.3) is 0 Å². The van der Waals surface area contributed by atoms with Crippen LogP contribution in [-0.4, -0.2) is 23.5 Å². The molecule has 0 spiro atoms. The number of hydrogen-bond acceptors (Lipinski definition) is 3. The zero-order valence-corrected chi connectivity index (χ0v) is 13.5. The zero-order chi connectivity index (χ0) is 14.7. The number of thiocarbonyl (C=S) groups is 1. The molecule has 0 heterocycles. The van der Waals surface area contributed by atoms with Gasteiger partial charge in [-0.3, -0.25) is 4.79 Å². The summed E-state index contributed by atoms with van der Waals surface area (Å²) in [5.74, 6) is -0.313. The zero-order valence-electron chi connectivity index (χ0n) is 11.1. The van der Waals surface area contributed by atoms with E-state index >= 15 is 0 Å². The molecule has 1 saturated carbocycles. The number of nitrogens with two attached hydrogens (primary N) is 2. The second-order valence-corrected chi connectivity index (χ2v) is 6.36. The number of rotatable bonds is 5. The fraction of sp³-hybridized carbons (Fsp3) is 0.429. The largest absolute Gasteiger partial charge is 0.389 e. The Balaban J connectivity index is 2.30. The van der Waals surface area contributed by atoms with Crippen molar-refractivity contribution in [3.05, 3.63) is 28.2 Å². The van der Waals surface area contributed by atoms with Crippen molar-refractivity contribution in [1.82, 2.24) is 0 Å². The first kappa shape index (κ1) is 15.3. The SMILES string of the molecule is NC(=O)CN(c1ccc(C(N)=S)c(Br)c1)C1CCCC1. The van der Waals surface area contributed by atoms with Gasteiger partial charge in [-0.2, -0.15) is 0 Å². The highest BCUT2D eigenvalue weighted by Crippen LogP contribution is 2.30. The second kappa shape index (κ2) is 6.54. The van der Waals surface area contributed by atoms with Crippen LogP contribution in [0, 0.1) is 0 Å². The molecule has 1 aromatic carbocycles. The average molecular weight is 356 g/mol. The van der Waals surface area contributed by atoms with Crippen LogP contribution in [0.25, 0.3) is 0 Å². The van der Waals surface area contributed by atoms with Crippen molar-refractivity contribution in [2.45, 2.75) is 31.7 Å². The van der Waals surface area contributed by atoms with Gasteiger partial charge in [0, 0.05) is 21.8 Å². The van der Waals surface area contributed by atoms with Crippen LogP contribution in [0.15, 0.2) is 22.7 Å². The summed E-state index contributed by atoms with van der Waals surface area (Å²) in [5, 5.41) is 0. The van der Waals surface area contributed by atoms with E-state index in [9.17, 15) is 4.79 Å². The van der Waals surface area contributed by atoms with Crippen LogP contribution in [0.5, 0.6) is 0 Å². The first-order valence-electron chi connectivity index (χ1n) is 6.63. The van der Waals surface area contributed by atoms with E-state index in [1.807, 2.05) is 18.2 Å². The molecule has 1 fully saturated rings. The van der Waals surface area contributed by atoms with Crippen molar-refractivity contribution in [2.75, 3.05) is 11.4 Å². The molecule has 1 aromatic rings. The molecule has 0 bridgehead atoms. The molecule has 1 aliphatic rings. The summed E-state index contributed by atoms with van der Waals surface area (Å²) >= 11 is 8.48. The maximum atomic E-state index is 11.3. The fourth-order valence-corrected chi connectivity index (χ4v) is 3.59. The van der Waals surface area contributed by atoms with Gasteiger partial charge in [0.2, 0.25) is 5.91 Å². The Morgan fingerprint density at radius 2 is 2.00 bits per heavy atom. The smallest absolute Gasteiger partial charge is 0.236 e. The van der Waals surface area contributed by atoms with Crippen molar-refractivity contribution in [2.24, 2.45) is 11.5 Å². The lowest BCUT2D eigenvalue weighted by Gasteiger charge is -2.30. The lowest BCUT2D eigenvalue weighted by molar-refractivity contribution is -0.116. The Bertz CT molecular complexity index is 529. The Morgan fingerprint density at radius 1 is 1.35 bits per heavy atom. The third kappa shape index (κ3) is 3.49. The summed E-state index contributed by atoms with van der Waals surface area (Å²) in [5.41, 5.74) is 12.8. The molecular weight excluding hydrogens is 338 g/mol. The molecule has 0 aromatic heterocycles. The van der Waals surface area contributed by atoms with Gasteiger partial charge in [-0.1, -0.05) is 25.1 Å². The molecule has 1 aliphatic carbocycles. The van der Waals surface area contributed by atoms with E-state index < -0.39 is 0 Å². The molecular formula is C14H18BrN3OS. The molecule has 4 N–H and O–H groups in total. The molecule has 1 amide bonds. The minimum atomic E-state index is -0.313. The van der Waals surface area contributed by atoms with Crippen molar-refractivity contribution in [3.8, 4) is 0 Å². The Labute approximate surface area is 132 Å². The highest BCUT2D eigenvalue weighted by Gasteiger charge is 2.24. The van der Waals surface area contributed by atoms with Crippen LogP contribution in [0.3, 0.4) is 0 Å². The van der Waals surface area contributed by atoms with E-state index in [4.69, 9.17) is 23.7 Å². The molecule has 0 radical (unpaired) electrons. The summed E-state index contributed by atoms with van der Waals surface area (Å²) < 4.78 is 0.843. The molecule has 0 aliphatic heterocycles. The summed E-state index contributed by atoms with van der Waals surface area (Å²) in [6.07, 6.45) is 4.60. The van der Waals surface area contributed by atoms with E-state index in [2.05, 4.69) is 20.8 Å². The molecule has 108 valence electrons. The summed E-state index contributed by atoms with van der Waals surface area (Å²) in [7, 11) is 0. The Hall–Kier alpha value is -1.14. The maximum absolute atomic E-state index is 11.3. The first-order chi connectivity index (χ1) is 9.49. The van der Waals surface area contributed by atoms with Crippen LogP contribution < -0.4 is 16.4 Å². The monoisotopic (exact) mass is 355 g/mol. The quantitative estimate of drug-likeness (QED) is 0.795. The van der Waals surface area contributed by atoms with Gasteiger partial charge in [0.05, 0.1) is 6.54 Å². The van der Waals surface area contributed by atoms with Gasteiger partial charge >= 0.3 is 0 Å². The number of benzene rings is 1. The molecule has 4 nitrogen and oxygen atoms in total. The van der Waals surface area contributed by atoms with Crippen molar-refractivity contribution < 1.29 is 4.79 Å². The predicted octanol–water partition coefficient (Wildman–Crippen LogP) is 2.32. The van der Waals surface area contributed by atoms with Crippen molar-refractivity contribution in [1.29, 1.82) is 0 Å². The normalized spacial score (nSPS) is 15.2. The van der Waals surface area contributed by atoms with Crippen LogP contribution in [0.2, 0.25) is 0 Å². The van der Waals surface area contributed by atoms with Crippen LogP contribution in [-0.2, 0) is 4.79 Å². The number of hydrogen-bond donors (Lipinski definition) is 2. The van der Waals surface area contributed by atoms with Gasteiger partial charge < -0.3 is 16.4 Å². The average Bonchev–Trinajstić information content (AvgIpc) is 2.88. The first-order valence-corrected chi connectivity index (χ1v) is 7.83. The van der Waals surface area contributed by atoms with Crippen LogP contribution >= 0.6 is 28.1 Å². The summed E-state index contributed by atoms with van der Waals surface area (Å²) in [6, 6.07) is 6.16. The molecule has 0 saturated heterocycles. The topological polar surface area (TPSA) is 72.4 Å². The van der Waals surface area contributed by atoms with E-state index in [-0.39, 0.29) is 12.5 Å². The van der Waals surface area contributed by atoms with Gasteiger partial charge in [-0.25, -0.2) is 0 Å². The minimum Gasteiger partial charge on any atom is -0.389 e. The molecule has 0 unspecified atom stereocenters. The van der Waals surface area contributed by atoms with Gasteiger partial charge in [-0.05, 0) is 47.0 Å². The number of nitrogens with zero attached hydrogens (tertiary/aromatic N) is 1. The number of primary amides is 1. The minimum absolute atomic E-state index is 0.240. The standard InChI is InChI=1S/C14H18BrN3OS/c15-12-7-10(5-6-11(12)14(17)20)18(8-13(16)19)9-3-1-2-4-9/h5-7,9H,1-4,8H2,(H2,16,19)(H2,17,20). The van der Waals surface area contributed by atoms with Crippen LogP contribution in [0.1, 0.15) is 31.2 Å². The van der Waals surface area contributed by atoms with E-state index in [1.54, 1.807) is 0 Å². The molecule has 0 atom stereocenters. The maximum Gasteiger partial charge on any atom is 0.236 e. The highest BCUT2D eigenvalue weighted by molar-refractivity contribution is 9.10. The van der Waals surface area contributed by atoms with Crippen molar-refractivity contribution >= 4 is 44.7 Å². The fourth-order valence-electron chi connectivity index (χ4n) is 2.70. The lowest BCUT2D eigenvalue weighted by Crippen LogP contribution is -2.40. The van der Waals surface area contributed by atoms with Gasteiger partial charge in [0.15, 0.2) is 0 Å². The van der Waals surface area contributed by atoms with Crippen molar-refractivity contribution in [3.63, 3.8) is 0 Å². The number of amides is 1. The molecule has 6 heteroatoms. The highest BCUT2D eigenvalue weighted by atomic mass is 79.9. The van der Waals surface area contributed by atoms with E-state index in [0.717, 1.165) is 28.6 Å². The number of carbonyl (C=O) groups excluding carboxylic acids is 1. The third-order valence-corrected chi connectivity index (χ3v) is 4.52. The van der Waals surface area contributed by atoms with Gasteiger partial charge in [-0.15, -0.1) is 0 Å². The molecule has 2 rings (SSSR count). The Kier molecular flexibility index (Phi) is 4.99. The number of halogens is 1. The van der Waals surface area contributed by atoms with Crippen LogP contribution in [0.4, 0.5) is 5.69 Å². The number of anilines is 1. The van der Waals surface area contributed by atoms with Gasteiger partial charge in [0.1, 0.15) is 4.99 Å². The lowest BCUT2D eigenvalue weighted by atomic mass is 10.1. The summed E-state index contributed by atoms with van der Waals surface area (Å²) in [4.78, 5) is 13.8. The Morgan fingerprint density at radius 3 is 2.50 bits per heavy atom. The number of carbonyl (C=O) groups is 1. The predicted molar refractivity (Wildman–Crippen MR) is 88.8 cm³/mol. The second-order valence-electron chi connectivity index (χ2n) is 5.06. The van der Waals surface area contributed by atoms with E-state index in [0.29, 0.717) is 11.0 Å².